The molecule has 0 radical (unpaired) electrons. The van der Waals surface area contributed by atoms with E-state index in [9.17, 15) is 14.3 Å². The molecule has 1 amide bonds. The molecule has 5 rings (SSSR count). The Labute approximate surface area is 190 Å². The van der Waals surface area contributed by atoms with E-state index in [2.05, 4.69) is 27.4 Å². The van der Waals surface area contributed by atoms with Crippen LogP contribution in [0.2, 0.25) is 0 Å². The predicted octanol–water partition coefficient (Wildman–Crippen LogP) is 3.86. The van der Waals surface area contributed by atoms with Gasteiger partial charge >= 0.3 is 0 Å². The Bertz CT molecular complexity index is 1260. The molecule has 2 aliphatic rings. The van der Waals surface area contributed by atoms with E-state index in [1.807, 2.05) is 19.1 Å². The summed E-state index contributed by atoms with van der Waals surface area (Å²) in [5.74, 6) is -1.16. The highest BCUT2D eigenvalue weighted by molar-refractivity contribution is 6.02. The zero-order valence-electron chi connectivity index (χ0n) is 18.3. The van der Waals surface area contributed by atoms with Crippen LogP contribution in [-0.2, 0) is 10.3 Å². The normalized spacial score (nSPS) is 22.9. The molecule has 1 aliphatic carbocycles. The molecule has 1 aromatic carbocycles. The number of aromatic nitrogens is 2. The number of guanidine groups is 1. The number of halogens is 1. The molecule has 2 aromatic heterocycles. The van der Waals surface area contributed by atoms with Gasteiger partial charge in [-0.15, -0.1) is 0 Å². The van der Waals surface area contributed by atoms with E-state index in [0.717, 1.165) is 11.8 Å². The van der Waals surface area contributed by atoms with Crippen molar-refractivity contribution in [3.8, 4) is 17.0 Å². The van der Waals surface area contributed by atoms with Gasteiger partial charge in [0.2, 0.25) is 11.9 Å². The number of hydrogen-bond acceptors (Lipinski definition) is 5. The van der Waals surface area contributed by atoms with Gasteiger partial charge in [0.05, 0.1) is 28.9 Å². The van der Waals surface area contributed by atoms with E-state index in [1.54, 1.807) is 19.2 Å². The number of pyridine rings is 2. The number of benzene rings is 1. The van der Waals surface area contributed by atoms with Crippen molar-refractivity contribution >= 4 is 11.9 Å². The Balaban J connectivity index is 1.61. The minimum Gasteiger partial charge on any atom is -0.506 e. The molecule has 1 aliphatic heterocycles. The number of likely N-dealkylation sites (N-methyl/N-ethyl adjacent to an activating group) is 1. The fourth-order valence-corrected chi connectivity index (χ4v) is 4.56. The molecule has 0 unspecified atom stereocenters. The molecule has 2 fully saturated rings. The first-order chi connectivity index (χ1) is 15.8. The Morgan fingerprint density at radius 3 is 2.55 bits per heavy atom. The van der Waals surface area contributed by atoms with Crippen molar-refractivity contribution < 1.29 is 14.3 Å². The van der Waals surface area contributed by atoms with Crippen molar-refractivity contribution in [3.05, 3.63) is 77.5 Å². The zero-order valence-corrected chi connectivity index (χ0v) is 18.3. The second-order valence-electron chi connectivity index (χ2n) is 8.91. The Hall–Kier alpha value is -3.81. The summed E-state index contributed by atoms with van der Waals surface area (Å²) in [4.78, 5) is 22.6. The molecule has 168 valence electrons. The Kier molecular flexibility index (Phi) is 4.88. The maximum Gasteiger partial charge on any atom is 0.239 e. The minimum absolute atomic E-state index is 0.0167. The summed E-state index contributed by atoms with van der Waals surface area (Å²) >= 11 is 0. The van der Waals surface area contributed by atoms with Crippen LogP contribution in [0.25, 0.3) is 11.3 Å². The van der Waals surface area contributed by atoms with Crippen molar-refractivity contribution in [1.82, 2.24) is 20.2 Å². The Morgan fingerprint density at radius 1 is 1.15 bits per heavy atom. The fourth-order valence-electron chi connectivity index (χ4n) is 4.56. The highest BCUT2D eigenvalue weighted by atomic mass is 19.1. The lowest BCUT2D eigenvalue weighted by Crippen LogP contribution is -2.62. The molecule has 7 nitrogen and oxygen atoms in total. The molecular formula is C25H24FN5O2. The van der Waals surface area contributed by atoms with Crippen LogP contribution in [0.5, 0.6) is 5.75 Å². The minimum atomic E-state index is -0.986. The number of aromatic hydroxyl groups is 1. The second-order valence-corrected chi connectivity index (χ2v) is 8.91. The van der Waals surface area contributed by atoms with Gasteiger partial charge in [0, 0.05) is 13.2 Å². The van der Waals surface area contributed by atoms with Gasteiger partial charge in [0.15, 0.2) is 5.96 Å². The van der Waals surface area contributed by atoms with Crippen molar-refractivity contribution in [3.63, 3.8) is 0 Å². The fraction of sp³-hybridized carbons (Fsp3) is 0.280. The van der Waals surface area contributed by atoms with Gasteiger partial charge in [-0.25, -0.2) is 4.98 Å². The van der Waals surface area contributed by atoms with Crippen LogP contribution < -0.4 is 5.32 Å². The lowest BCUT2D eigenvalue weighted by molar-refractivity contribution is -0.131. The summed E-state index contributed by atoms with van der Waals surface area (Å²) in [7, 11) is 1.58. The summed E-state index contributed by atoms with van der Waals surface area (Å²) in [5, 5.41) is 21.3. The number of nitrogens with one attached hydrogen (secondary N) is 2. The largest absolute Gasteiger partial charge is 0.506 e. The first-order valence-electron chi connectivity index (χ1n) is 10.8. The van der Waals surface area contributed by atoms with Crippen LogP contribution in [0.4, 0.5) is 4.39 Å². The van der Waals surface area contributed by atoms with E-state index in [4.69, 9.17) is 5.41 Å². The third-order valence-electron chi connectivity index (χ3n) is 6.65. The van der Waals surface area contributed by atoms with Crippen LogP contribution in [0.1, 0.15) is 48.3 Å². The highest BCUT2D eigenvalue weighted by Crippen LogP contribution is 2.44. The first-order valence-corrected chi connectivity index (χ1v) is 10.8. The monoisotopic (exact) mass is 445 g/mol. The summed E-state index contributed by atoms with van der Waals surface area (Å²) in [6.45, 7) is 1.86. The van der Waals surface area contributed by atoms with E-state index < -0.39 is 17.4 Å². The lowest BCUT2D eigenvalue weighted by atomic mass is 9.73. The molecule has 3 N–H and O–H groups in total. The smallest absolute Gasteiger partial charge is 0.239 e. The molecule has 0 bridgehead atoms. The summed E-state index contributed by atoms with van der Waals surface area (Å²) in [6.07, 6.45) is 4.95. The van der Waals surface area contributed by atoms with Gasteiger partial charge in [0.1, 0.15) is 5.75 Å². The number of amides is 1. The first kappa shape index (κ1) is 21.1. The van der Waals surface area contributed by atoms with Crippen LogP contribution in [0.15, 0.2) is 54.9 Å². The van der Waals surface area contributed by atoms with Crippen molar-refractivity contribution in [2.75, 3.05) is 7.05 Å². The van der Waals surface area contributed by atoms with E-state index >= 15 is 0 Å². The molecule has 1 saturated heterocycles. The molecule has 1 saturated carbocycles. The Morgan fingerprint density at radius 2 is 1.85 bits per heavy atom. The van der Waals surface area contributed by atoms with Crippen molar-refractivity contribution in [2.45, 2.75) is 37.1 Å². The third kappa shape index (κ3) is 3.61. The topological polar surface area (TPSA) is 102 Å². The van der Waals surface area contributed by atoms with E-state index in [0.29, 0.717) is 11.5 Å². The van der Waals surface area contributed by atoms with E-state index in [-0.39, 0.29) is 28.9 Å². The highest BCUT2D eigenvalue weighted by Gasteiger charge is 2.48. The average Bonchev–Trinajstić information content (AvgIpc) is 3.65. The SMILES string of the molecule is CN1C(=N)N[C@](C)(c2ccnc(-c3cc(O)cnc3F)c2)[C@@H](c2ccc(C3CC3)cc2)C1=O. The summed E-state index contributed by atoms with van der Waals surface area (Å²) in [6, 6.07) is 12.8. The molecule has 0 spiro atoms. The van der Waals surface area contributed by atoms with Crippen LogP contribution in [0.3, 0.4) is 0 Å². The summed E-state index contributed by atoms with van der Waals surface area (Å²) < 4.78 is 14.4. The number of rotatable bonds is 4. The van der Waals surface area contributed by atoms with Crippen LogP contribution in [-0.4, -0.2) is 38.9 Å². The molecule has 3 heterocycles. The van der Waals surface area contributed by atoms with Gasteiger partial charge in [-0.2, -0.15) is 4.39 Å². The lowest BCUT2D eigenvalue weighted by Gasteiger charge is -2.46. The zero-order chi connectivity index (χ0) is 23.3. The average molecular weight is 445 g/mol. The predicted molar refractivity (Wildman–Crippen MR) is 121 cm³/mol. The molecule has 2 atom stereocenters. The molecule has 3 aromatic rings. The van der Waals surface area contributed by atoms with Crippen LogP contribution in [0, 0.1) is 11.4 Å². The van der Waals surface area contributed by atoms with Crippen molar-refractivity contribution in [1.29, 1.82) is 5.41 Å². The van der Waals surface area contributed by atoms with Gasteiger partial charge in [-0.1, -0.05) is 24.3 Å². The summed E-state index contributed by atoms with van der Waals surface area (Å²) in [5.41, 5.74) is 2.12. The number of hydrogen-bond donors (Lipinski definition) is 3. The quantitative estimate of drug-likeness (QED) is 0.529. The maximum absolute atomic E-state index is 14.4. The van der Waals surface area contributed by atoms with Gasteiger partial charge in [-0.05, 0) is 60.6 Å². The maximum atomic E-state index is 14.4. The van der Waals surface area contributed by atoms with Gasteiger partial charge in [-0.3, -0.25) is 20.1 Å². The third-order valence-corrected chi connectivity index (χ3v) is 6.65. The van der Waals surface area contributed by atoms with E-state index in [1.165, 1.54) is 35.6 Å². The van der Waals surface area contributed by atoms with Crippen LogP contribution >= 0.6 is 0 Å². The number of carbonyl (C=O) groups excluding carboxylic acids is 1. The van der Waals surface area contributed by atoms with Gasteiger partial charge < -0.3 is 10.4 Å². The molecule has 33 heavy (non-hydrogen) atoms. The van der Waals surface area contributed by atoms with Gasteiger partial charge in [0.25, 0.3) is 0 Å². The number of nitrogens with zero attached hydrogens (tertiary/aromatic N) is 3. The molecule has 8 heteroatoms. The molecular weight excluding hydrogens is 421 g/mol. The second kappa shape index (κ2) is 7.65. The standard InChI is InChI=1S/C25H24FN5O2/c1-25(17-9-10-28-20(11-17)19-12-18(32)13-29-22(19)26)21(23(33)31(2)24(27)30-25)16-7-5-15(6-8-16)14-3-4-14/h5-14,21,32H,3-4H2,1-2H3,(H2,27,30)/t21-,25+/m0/s1. The number of carbonyl (C=O) groups is 1. The van der Waals surface area contributed by atoms with Crippen molar-refractivity contribution in [2.24, 2.45) is 0 Å².